The first-order valence-electron chi connectivity index (χ1n) is 5.40. The second-order valence-electron chi connectivity index (χ2n) is 4.65. The predicted molar refractivity (Wildman–Crippen MR) is 70.7 cm³/mol. The fourth-order valence-corrected chi connectivity index (χ4v) is 1.89. The Kier molecular flexibility index (Phi) is 5.22. The van der Waals surface area contributed by atoms with E-state index in [4.69, 9.17) is 23.2 Å². The fourth-order valence-electron chi connectivity index (χ4n) is 1.26. The molecular weight excluding hydrogens is 259 g/mol. The number of alkyl halides is 1. The van der Waals surface area contributed by atoms with Crippen molar-refractivity contribution in [2.24, 2.45) is 5.41 Å². The molecule has 17 heavy (non-hydrogen) atoms. The number of halogens is 2. The van der Waals surface area contributed by atoms with Gasteiger partial charge in [-0.25, -0.2) is 4.98 Å². The molecule has 94 valence electrons. The summed E-state index contributed by atoms with van der Waals surface area (Å²) in [4.78, 5) is 15.7. The van der Waals surface area contributed by atoms with Crippen LogP contribution in [0.3, 0.4) is 0 Å². The number of hydrogen-bond donors (Lipinski definition) is 1. The maximum absolute atomic E-state index is 11.8. The molecule has 0 radical (unpaired) electrons. The summed E-state index contributed by atoms with van der Waals surface area (Å²) in [5.41, 5.74) is 0.361. The van der Waals surface area contributed by atoms with Crippen LogP contribution in [-0.4, -0.2) is 23.3 Å². The molecular formula is C12H16Cl2N2O. The summed E-state index contributed by atoms with van der Waals surface area (Å²) in [6, 6.07) is 3.25. The summed E-state index contributed by atoms with van der Waals surface area (Å²) in [5, 5.41) is 3.36. The minimum atomic E-state index is -0.190. The number of aromatic nitrogens is 1. The van der Waals surface area contributed by atoms with Crippen LogP contribution in [-0.2, 0) is 0 Å². The lowest BCUT2D eigenvalue weighted by molar-refractivity contribution is 0.0931. The molecule has 0 saturated heterocycles. The minimum absolute atomic E-state index is 0.0101. The van der Waals surface area contributed by atoms with Gasteiger partial charge in [-0.3, -0.25) is 4.79 Å². The van der Waals surface area contributed by atoms with Gasteiger partial charge in [0.2, 0.25) is 0 Å². The Hall–Kier alpha value is -0.800. The summed E-state index contributed by atoms with van der Waals surface area (Å²) < 4.78 is 0. The monoisotopic (exact) mass is 274 g/mol. The van der Waals surface area contributed by atoms with E-state index in [2.05, 4.69) is 24.1 Å². The van der Waals surface area contributed by atoms with Crippen LogP contribution in [0.5, 0.6) is 0 Å². The van der Waals surface area contributed by atoms with Crippen molar-refractivity contribution in [3.63, 3.8) is 0 Å². The molecule has 0 atom stereocenters. The van der Waals surface area contributed by atoms with E-state index < -0.39 is 0 Å². The Morgan fingerprint density at radius 2 is 2.18 bits per heavy atom. The molecule has 0 aliphatic heterocycles. The van der Waals surface area contributed by atoms with Gasteiger partial charge in [0.15, 0.2) is 0 Å². The van der Waals surface area contributed by atoms with Gasteiger partial charge in [0.25, 0.3) is 5.91 Å². The molecule has 0 spiro atoms. The highest BCUT2D eigenvalue weighted by Crippen LogP contribution is 2.19. The number of nitrogens with zero attached hydrogens (tertiary/aromatic N) is 1. The van der Waals surface area contributed by atoms with Gasteiger partial charge >= 0.3 is 0 Å². The quantitative estimate of drug-likeness (QED) is 0.839. The van der Waals surface area contributed by atoms with Crippen LogP contribution >= 0.6 is 23.2 Å². The average molecular weight is 275 g/mol. The molecule has 1 amide bonds. The Morgan fingerprint density at radius 1 is 1.47 bits per heavy atom. The van der Waals surface area contributed by atoms with Crippen LogP contribution in [0.25, 0.3) is 0 Å². The lowest BCUT2D eigenvalue weighted by atomic mass is 9.90. The second-order valence-corrected chi connectivity index (χ2v) is 5.46. The first-order chi connectivity index (χ1) is 7.94. The van der Waals surface area contributed by atoms with Crippen molar-refractivity contribution in [2.45, 2.75) is 20.3 Å². The zero-order valence-corrected chi connectivity index (χ0v) is 11.5. The van der Waals surface area contributed by atoms with Crippen molar-refractivity contribution in [2.75, 3.05) is 12.4 Å². The summed E-state index contributed by atoms with van der Waals surface area (Å²) in [5.74, 6) is 0.395. The third kappa shape index (κ3) is 4.92. The molecule has 0 aliphatic carbocycles. The standard InChI is InChI=1S/C12H16Cl2N2O/c1-12(2,5-6-13)8-16-11(17)10-4-3-9(14)7-15-10/h3-4,7H,5-6,8H2,1-2H3,(H,16,17). The molecule has 0 saturated carbocycles. The fraction of sp³-hybridized carbons (Fsp3) is 0.500. The molecule has 5 heteroatoms. The molecule has 1 heterocycles. The van der Waals surface area contributed by atoms with E-state index in [0.29, 0.717) is 23.1 Å². The summed E-state index contributed by atoms with van der Waals surface area (Å²) in [7, 11) is 0. The van der Waals surface area contributed by atoms with Crippen LogP contribution < -0.4 is 5.32 Å². The van der Waals surface area contributed by atoms with E-state index in [1.165, 1.54) is 6.20 Å². The largest absolute Gasteiger partial charge is 0.350 e. The van der Waals surface area contributed by atoms with Crippen molar-refractivity contribution >= 4 is 29.1 Å². The maximum atomic E-state index is 11.8. The Balaban J connectivity index is 2.53. The summed E-state index contributed by atoms with van der Waals surface area (Å²) >= 11 is 11.4. The van der Waals surface area contributed by atoms with Crippen LogP contribution in [0.1, 0.15) is 30.8 Å². The summed E-state index contributed by atoms with van der Waals surface area (Å²) in [6.45, 7) is 4.69. The van der Waals surface area contributed by atoms with Gasteiger partial charge in [-0.2, -0.15) is 0 Å². The topological polar surface area (TPSA) is 42.0 Å². The van der Waals surface area contributed by atoms with Crippen LogP contribution in [0.4, 0.5) is 0 Å². The van der Waals surface area contributed by atoms with Gasteiger partial charge in [-0.05, 0) is 24.0 Å². The smallest absolute Gasteiger partial charge is 0.269 e. The lowest BCUT2D eigenvalue weighted by Crippen LogP contribution is -2.34. The van der Waals surface area contributed by atoms with Crippen molar-refractivity contribution in [1.82, 2.24) is 10.3 Å². The highest BCUT2D eigenvalue weighted by atomic mass is 35.5. The van der Waals surface area contributed by atoms with E-state index in [1.54, 1.807) is 12.1 Å². The first-order valence-corrected chi connectivity index (χ1v) is 6.31. The average Bonchev–Trinajstić information content (AvgIpc) is 2.27. The van der Waals surface area contributed by atoms with Gasteiger partial charge in [-0.15, -0.1) is 11.6 Å². The maximum Gasteiger partial charge on any atom is 0.269 e. The van der Waals surface area contributed by atoms with Crippen molar-refractivity contribution in [1.29, 1.82) is 0 Å². The van der Waals surface area contributed by atoms with Crippen LogP contribution in [0, 0.1) is 5.41 Å². The zero-order valence-electron chi connectivity index (χ0n) is 9.96. The lowest BCUT2D eigenvalue weighted by Gasteiger charge is -2.23. The number of carbonyl (C=O) groups excluding carboxylic acids is 1. The van der Waals surface area contributed by atoms with Crippen molar-refractivity contribution in [3.8, 4) is 0 Å². The molecule has 0 unspecified atom stereocenters. The van der Waals surface area contributed by atoms with Gasteiger partial charge in [-0.1, -0.05) is 25.4 Å². The SMILES string of the molecule is CC(C)(CCCl)CNC(=O)c1ccc(Cl)cn1. The highest BCUT2D eigenvalue weighted by Gasteiger charge is 2.18. The molecule has 0 aliphatic rings. The van der Waals surface area contributed by atoms with Gasteiger partial charge in [0.1, 0.15) is 5.69 Å². The van der Waals surface area contributed by atoms with Gasteiger partial charge < -0.3 is 5.32 Å². The highest BCUT2D eigenvalue weighted by molar-refractivity contribution is 6.30. The van der Waals surface area contributed by atoms with Gasteiger partial charge in [0, 0.05) is 18.6 Å². The number of hydrogen-bond acceptors (Lipinski definition) is 2. The molecule has 1 rings (SSSR count). The number of pyridine rings is 1. The molecule has 1 N–H and O–H groups in total. The Labute approximate surface area is 112 Å². The Bertz CT molecular complexity index is 377. The van der Waals surface area contributed by atoms with Crippen molar-refractivity contribution in [3.05, 3.63) is 29.0 Å². The van der Waals surface area contributed by atoms with Crippen LogP contribution in [0.15, 0.2) is 18.3 Å². The van der Waals surface area contributed by atoms with E-state index >= 15 is 0 Å². The first kappa shape index (κ1) is 14.3. The molecule has 0 aromatic carbocycles. The van der Waals surface area contributed by atoms with E-state index in [9.17, 15) is 4.79 Å². The minimum Gasteiger partial charge on any atom is -0.350 e. The third-order valence-electron chi connectivity index (χ3n) is 2.46. The Morgan fingerprint density at radius 3 is 2.71 bits per heavy atom. The van der Waals surface area contributed by atoms with E-state index in [1.807, 2.05) is 0 Å². The summed E-state index contributed by atoms with van der Waals surface area (Å²) in [6.07, 6.45) is 2.31. The number of amides is 1. The number of rotatable bonds is 5. The van der Waals surface area contributed by atoms with Crippen LogP contribution in [0.2, 0.25) is 5.02 Å². The molecule has 3 nitrogen and oxygen atoms in total. The normalized spacial score (nSPS) is 11.3. The second kappa shape index (κ2) is 6.22. The molecule has 0 fully saturated rings. The third-order valence-corrected chi connectivity index (χ3v) is 2.87. The molecule has 1 aromatic heterocycles. The van der Waals surface area contributed by atoms with Crippen molar-refractivity contribution < 1.29 is 4.79 Å². The zero-order chi connectivity index (χ0) is 12.9. The van der Waals surface area contributed by atoms with E-state index in [-0.39, 0.29) is 11.3 Å². The van der Waals surface area contributed by atoms with E-state index in [0.717, 1.165) is 6.42 Å². The molecule has 1 aromatic rings. The number of nitrogens with one attached hydrogen (secondary N) is 1. The molecule has 0 bridgehead atoms. The predicted octanol–water partition coefficient (Wildman–Crippen LogP) is 3.12. The number of carbonyl (C=O) groups is 1. The van der Waals surface area contributed by atoms with Gasteiger partial charge in [0.05, 0.1) is 5.02 Å².